The van der Waals surface area contributed by atoms with E-state index in [0.717, 1.165) is 77.0 Å². The highest BCUT2D eigenvalue weighted by Crippen LogP contribution is 2.38. The quantitative estimate of drug-likeness (QED) is 0.0161. The van der Waals surface area contributed by atoms with Crippen LogP contribution in [0.3, 0.4) is 0 Å². The second kappa shape index (κ2) is 49.5. The van der Waals surface area contributed by atoms with E-state index >= 15 is 0 Å². The fourth-order valence-electron chi connectivity index (χ4n) is 7.55. The summed E-state index contributed by atoms with van der Waals surface area (Å²) in [5, 5.41) is 3.00. The highest BCUT2D eigenvalue weighted by atomic mass is 31.2. The number of hydrogen-bond donors (Lipinski definition) is 1. The average Bonchev–Trinajstić information content (AvgIpc) is 3.32. The van der Waals surface area contributed by atoms with Gasteiger partial charge >= 0.3 is 5.97 Å². The van der Waals surface area contributed by atoms with Gasteiger partial charge in [0.1, 0.15) is 19.3 Å². The molecule has 0 heterocycles. The minimum atomic E-state index is -4.71. The Bertz CT molecular complexity index is 1520. The van der Waals surface area contributed by atoms with Gasteiger partial charge in [-0.2, -0.15) is 0 Å². The number of amides is 1. The number of carbonyl (C=O) groups is 2. The first-order valence-electron chi connectivity index (χ1n) is 28.1. The number of esters is 1. The molecule has 0 rings (SSSR count). The Morgan fingerprint density at radius 1 is 0.514 bits per heavy atom. The summed E-state index contributed by atoms with van der Waals surface area (Å²) in [6.45, 7) is 6.63. The van der Waals surface area contributed by atoms with E-state index in [4.69, 9.17) is 13.8 Å². The Balaban J connectivity index is 5.48. The molecule has 0 aliphatic heterocycles. The van der Waals surface area contributed by atoms with Crippen LogP contribution < -0.4 is 10.2 Å². The molecule has 0 fully saturated rings. The highest BCUT2D eigenvalue weighted by Gasteiger charge is 2.27. The number of quaternary nitrogens is 1. The van der Waals surface area contributed by atoms with Crippen LogP contribution >= 0.6 is 7.82 Å². The Morgan fingerprint density at radius 3 is 1.44 bits per heavy atom. The number of carbonyl (C=O) groups excluding carboxylic acids is 2. The topological polar surface area (TPSA) is 114 Å². The molecule has 10 heteroatoms. The zero-order chi connectivity index (χ0) is 51.5. The molecule has 0 aromatic rings. The summed E-state index contributed by atoms with van der Waals surface area (Å²) in [6, 6.07) is -0.913. The van der Waals surface area contributed by atoms with Gasteiger partial charge in [-0.1, -0.05) is 227 Å². The van der Waals surface area contributed by atoms with Crippen molar-refractivity contribution in [2.24, 2.45) is 0 Å². The van der Waals surface area contributed by atoms with E-state index in [1.807, 2.05) is 94.1 Å². The number of likely N-dealkylation sites (N-methyl/N-ethyl adjacent to an activating group) is 1. The van der Waals surface area contributed by atoms with Crippen LogP contribution in [0.15, 0.2) is 97.2 Å². The maximum absolute atomic E-state index is 13.5. The molecule has 0 saturated heterocycles. The molecule has 9 nitrogen and oxygen atoms in total. The number of hydrogen-bond acceptors (Lipinski definition) is 7. The van der Waals surface area contributed by atoms with Crippen molar-refractivity contribution in [1.82, 2.24) is 5.32 Å². The smallest absolute Gasteiger partial charge is 0.306 e. The lowest BCUT2D eigenvalue weighted by Crippen LogP contribution is -2.47. The van der Waals surface area contributed by atoms with E-state index in [9.17, 15) is 19.0 Å². The lowest BCUT2D eigenvalue weighted by Gasteiger charge is -2.30. The summed E-state index contributed by atoms with van der Waals surface area (Å²) in [6.07, 6.45) is 65.1. The van der Waals surface area contributed by atoms with Gasteiger partial charge in [0.05, 0.1) is 33.8 Å². The van der Waals surface area contributed by atoms with E-state index in [2.05, 4.69) is 50.4 Å². The summed E-state index contributed by atoms with van der Waals surface area (Å²) >= 11 is 0. The second-order valence-electron chi connectivity index (χ2n) is 19.9. The number of rotatable bonds is 49. The Labute approximate surface area is 430 Å². The Morgan fingerprint density at radius 2 is 0.929 bits per heavy atom. The maximum atomic E-state index is 13.5. The number of unbranched alkanes of at least 4 members (excludes halogenated alkanes) is 24. The summed E-state index contributed by atoms with van der Waals surface area (Å²) < 4.78 is 30.2. The van der Waals surface area contributed by atoms with Crippen LogP contribution in [-0.4, -0.2) is 69.4 Å². The van der Waals surface area contributed by atoms with E-state index in [0.29, 0.717) is 23.9 Å². The van der Waals surface area contributed by atoms with Gasteiger partial charge in [-0.3, -0.25) is 14.2 Å². The molecule has 0 bridgehead atoms. The van der Waals surface area contributed by atoms with Crippen LogP contribution in [0.2, 0.25) is 0 Å². The molecule has 1 N–H and O–H groups in total. The summed E-state index contributed by atoms with van der Waals surface area (Å²) in [5.74, 6) is -0.604. The normalized spacial score (nSPS) is 14.6. The van der Waals surface area contributed by atoms with Crippen molar-refractivity contribution in [2.45, 2.75) is 232 Å². The van der Waals surface area contributed by atoms with E-state index in [1.165, 1.54) is 103 Å². The predicted octanol–water partition coefficient (Wildman–Crippen LogP) is 16.2. The number of phosphoric ester groups is 1. The molecule has 3 atom stereocenters. The first-order chi connectivity index (χ1) is 33.9. The molecule has 0 radical (unpaired) electrons. The van der Waals surface area contributed by atoms with Gasteiger partial charge < -0.3 is 28.5 Å². The fraction of sp³-hybridized carbons (Fsp3) is 0.700. The molecular formula is C60H105N2O7P. The van der Waals surface area contributed by atoms with Crippen LogP contribution in [-0.2, 0) is 27.9 Å². The van der Waals surface area contributed by atoms with E-state index in [1.54, 1.807) is 0 Å². The molecule has 3 unspecified atom stereocenters. The third kappa shape index (κ3) is 49.9. The number of ether oxygens (including phenoxy) is 1. The Kier molecular flexibility index (Phi) is 47.3. The molecule has 0 aliphatic rings. The van der Waals surface area contributed by atoms with Crippen molar-refractivity contribution in [2.75, 3.05) is 40.9 Å². The fourth-order valence-corrected chi connectivity index (χ4v) is 8.27. The zero-order valence-corrected chi connectivity index (χ0v) is 46.6. The zero-order valence-electron chi connectivity index (χ0n) is 45.7. The van der Waals surface area contributed by atoms with Gasteiger partial charge in [-0.25, -0.2) is 0 Å². The minimum Gasteiger partial charge on any atom is -0.756 e. The number of nitrogens with one attached hydrogen (secondary N) is 1. The molecular weight excluding hydrogens is 892 g/mol. The third-order valence-corrected chi connectivity index (χ3v) is 12.9. The number of phosphoric acid groups is 1. The molecule has 402 valence electrons. The molecule has 0 saturated carbocycles. The van der Waals surface area contributed by atoms with Crippen LogP contribution in [0.4, 0.5) is 0 Å². The predicted molar refractivity (Wildman–Crippen MR) is 297 cm³/mol. The van der Waals surface area contributed by atoms with Crippen LogP contribution in [0.5, 0.6) is 0 Å². The van der Waals surface area contributed by atoms with Crippen molar-refractivity contribution < 1.29 is 37.3 Å². The lowest BCUT2D eigenvalue weighted by molar-refractivity contribution is -0.870. The highest BCUT2D eigenvalue weighted by molar-refractivity contribution is 7.45. The van der Waals surface area contributed by atoms with Gasteiger partial charge in [0.25, 0.3) is 7.82 Å². The van der Waals surface area contributed by atoms with Gasteiger partial charge in [0, 0.05) is 12.8 Å². The van der Waals surface area contributed by atoms with E-state index in [-0.39, 0.29) is 24.9 Å². The van der Waals surface area contributed by atoms with Crippen LogP contribution in [0, 0.1) is 0 Å². The van der Waals surface area contributed by atoms with Crippen LogP contribution in [0.25, 0.3) is 0 Å². The van der Waals surface area contributed by atoms with Crippen molar-refractivity contribution in [3.05, 3.63) is 97.2 Å². The van der Waals surface area contributed by atoms with Gasteiger partial charge in [0.2, 0.25) is 5.91 Å². The lowest BCUT2D eigenvalue weighted by atomic mass is 10.0. The molecule has 0 aliphatic carbocycles. The summed E-state index contributed by atoms with van der Waals surface area (Å²) in [7, 11) is 1.14. The SMILES string of the molecule is CC\C=C/C=C/C=C/C=C\C=C\C=C\CCCCCC(=O)OC(/C=C/CCCCCCCCCCCC)C(COP(=O)([O-])OCC[N+](C)(C)C)NC(=O)CCCCCCCCC/C=C\CCCCCC. The molecule has 1 amide bonds. The Hall–Kier alpha value is -3.07. The first-order valence-corrected chi connectivity index (χ1v) is 29.6. The van der Waals surface area contributed by atoms with E-state index < -0.39 is 26.6 Å². The molecule has 0 aromatic carbocycles. The van der Waals surface area contributed by atoms with Crippen molar-refractivity contribution >= 4 is 19.7 Å². The number of nitrogens with zero attached hydrogens (tertiary/aromatic N) is 1. The largest absolute Gasteiger partial charge is 0.756 e. The molecule has 0 spiro atoms. The van der Waals surface area contributed by atoms with Gasteiger partial charge in [0.15, 0.2) is 0 Å². The molecule has 0 aromatic heterocycles. The van der Waals surface area contributed by atoms with Gasteiger partial charge in [-0.05, 0) is 76.7 Å². The standard InChI is InChI=1S/C60H105N2O7P/c1-7-10-13-16-19-22-25-28-30-31-33-35-38-41-44-47-50-53-60(64)69-58(51-48-45-42-39-36-27-24-21-18-15-12-9-3)57(56-68-70(65,66)67-55-54-62(4,5)6)61-59(63)52-49-46-43-40-37-34-32-29-26-23-20-17-14-11-8-2/h10,13,16,19,22-23,25-26,28,30-31,33,35,38,48,51,57-58H,7-9,11-12,14-15,17-18,20-21,24,27,29,32,34,36-37,39-47,49-50,52-56H2,1-6H3,(H-,61,63,65,66)/b13-10-,19-16+,25-22+,26-23-,30-28-,33-31+,38-35+,51-48+. The van der Waals surface area contributed by atoms with Gasteiger partial charge in [-0.15, -0.1) is 0 Å². The number of allylic oxidation sites excluding steroid dienone is 15. The third-order valence-electron chi connectivity index (χ3n) is 11.9. The van der Waals surface area contributed by atoms with Crippen molar-refractivity contribution in [1.29, 1.82) is 0 Å². The summed E-state index contributed by atoms with van der Waals surface area (Å²) in [5.41, 5.74) is 0. The minimum absolute atomic E-state index is 0.0354. The van der Waals surface area contributed by atoms with Crippen molar-refractivity contribution in [3.63, 3.8) is 0 Å². The average molecular weight is 997 g/mol. The van der Waals surface area contributed by atoms with Crippen molar-refractivity contribution in [3.8, 4) is 0 Å². The maximum Gasteiger partial charge on any atom is 0.306 e. The summed E-state index contributed by atoms with van der Waals surface area (Å²) in [4.78, 5) is 39.8. The van der Waals surface area contributed by atoms with Crippen LogP contribution in [0.1, 0.15) is 220 Å². The molecule has 70 heavy (non-hydrogen) atoms. The monoisotopic (exact) mass is 997 g/mol. The first kappa shape index (κ1) is 66.9. The second-order valence-corrected chi connectivity index (χ2v) is 21.3.